The first kappa shape index (κ1) is 18.5. The van der Waals surface area contributed by atoms with E-state index in [0.29, 0.717) is 6.61 Å². The lowest BCUT2D eigenvalue weighted by molar-refractivity contribution is -0.141. The summed E-state index contributed by atoms with van der Waals surface area (Å²) in [4.78, 5) is 23.8. The molecule has 1 aliphatic rings. The van der Waals surface area contributed by atoms with E-state index < -0.39 is 11.4 Å². The average Bonchev–Trinajstić information content (AvgIpc) is 2.55. The van der Waals surface area contributed by atoms with E-state index in [2.05, 4.69) is 5.32 Å². The maximum atomic E-state index is 12.6. The molecule has 24 heavy (non-hydrogen) atoms. The average molecular weight is 333 g/mol. The van der Waals surface area contributed by atoms with E-state index in [1.807, 2.05) is 30.3 Å². The molecule has 1 saturated carbocycles. The van der Waals surface area contributed by atoms with Gasteiger partial charge in [-0.1, -0.05) is 49.6 Å². The van der Waals surface area contributed by atoms with Crippen molar-refractivity contribution in [3.05, 3.63) is 35.9 Å². The first-order valence-electron chi connectivity index (χ1n) is 8.60. The Bertz CT molecular complexity index is 538. The maximum absolute atomic E-state index is 12.6. The van der Waals surface area contributed by atoms with Gasteiger partial charge in [-0.25, -0.2) is 0 Å². The number of carboxylic acid groups (broad SMARTS) is 1. The van der Waals surface area contributed by atoms with Crippen LogP contribution in [0.5, 0.6) is 0 Å². The number of ether oxygens (including phenoxy) is 1. The molecule has 0 heterocycles. The van der Waals surface area contributed by atoms with Crippen molar-refractivity contribution < 1.29 is 19.4 Å². The summed E-state index contributed by atoms with van der Waals surface area (Å²) in [7, 11) is 1.61. The van der Waals surface area contributed by atoms with Crippen LogP contribution in [0, 0.1) is 5.41 Å². The molecule has 1 aromatic carbocycles. The van der Waals surface area contributed by atoms with Gasteiger partial charge in [-0.15, -0.1) is 0 Å². The molecule has 1 aromatic rings. The lowest BCUT2D eigenvalue weighted by Gasteiger charge is -2.36. The SMILES string of the molecule is COCC(NC(=O)CC1(CC(=O)O)CCCCC1)c1ccccc1. The van der Waals surface area contributed by atoms with E-state index in [0.717, 1.165) is 37.7 Å². The molecule has 0 radical (unpaired) electrons. The summed E-state index contributed by atoms with van der Waals surface area (Å²) in [6.07, 6.45) is 5.09. The lowest BCUT2D eigenvalue weighted by Crippen LogP contribution is -2.37. The quantitative estimate of drug-likeness (QED) is 0.765. The van der Waals surface area contributed by atoms with Gasteiger partial charge in [0.25, 0.3) is 0 Å². The summed E-state index contributed by atoms with van der Waals surface area (Å²) in [5, 5.41) is 12.3. The van der Waals surface area contributed by atoms with Gasteiger partial charge in [0.2, 0.25) is 5.91 Å². The molecule has 2 rings (SSSR count). The number of aliphatic carboxylic acids is 1. The highest BCUT2D eigenvalue weighted by molar-refractivity contribution is 5.78. The number of hydrogen-bond donors (Lipinski definition) is 2. The minimum Gasteiger partial charge on any atom is -0.481 e. The third-order valence-corrected chi connectivity index (χ3v) is 4.85. The van der Waals surface area contributed by atoms with Crippen LogP contribution in [-0.4, -0.2) is 30.7 Å². The van der Waals surface area contributed by atoms with Gasteiger partial charge in [-0.2, -0.15) is 0 Å². The van der Waals surface area contributed by atoms with Crippen molar-refractivity contribution in [3.63, 3.8) is 0 Å². The maximum Gasteiger partial charge on any atom is 0.303 e. The summed E-state index contributed by atoms with van der Waals surface area (Å²) in [5.41, 5.74) is 0.589. The Labute approximate surface area is 143 Å². The molecule has 0 aliphatic heterocycles. The van der Waals surface area contributed by atoms with Gasteiger partial charge in [0.15, 0.2) is 0 Å². The zero-order valence-corrected chi connectivity index (χ0v) is 14.3. The molecule has 1 unspecified atom stereocenters. The summed E-state index contributed by atoms with van der Waals surface area (Å²) < 4.78 is 5.23. The standard InChI is InChI=1S/C19H27NO4/c1-24-14-16(15-8-4-2-5-9-15)20-17(21)12-19(13-18(22)23)10-6-3-7-11-19/h2,4-5,8-9,16H,3,6-7,10-14H2,1H3,(H,20,21)(H,22,23). The van der Waals surface area contributed by atoms with Gasteiger partial charge >= 0.3 is 5.97 Å². The van der Waals surface area contributed by atoms with Gasteiger partial charge in [0.05, 0.1) is 19.1 Å². The van der Waals surface area contributed by atoms with Crippen LogP contribution < -0.4 is 5.32 Å². The van der Waals surface area contributed by atoms with E-state index in [1.54, 1.807) is 7.11 Å². The molecule has 0 bridgehead atoms. The highest BCUT2D eigenvalue weighted by atomic mass is 16.5. The van der Waals surface area contributed by atoms with Crippen molar-refractivity contribution in [1.29, 1.82) is 0 Å². The molecular weight excluding hydrogens is 306 g/mol. The molecule has 1 atom stereocenters. The number of carboxylic acids is 1. The Morgan fingerprint density at radius 2 is 1.83 bits per heavy atom. The summed E-state index contributed by atoms with van der Waals surface area (Å²) >= 11 is 0. The van der Waals surface area contributed by atoms with E-state index >= 15 is 0 Å². The Morgan fingerprint density at radius 1 is 1.17 bits per heavy atom. The third kappa shape index (κ3) is 5.34. The van der Waals surface area contributed by atoms with Crippen LogP contribution in [0.15, 0.2) is 30.3 Å². The smallest absolute Gasteiger partial charge is 0.303 e. The van der Waals surface area contributed by atoms with Crippen LogP contribution in [0.25, 0.3) is 0 Å². The second-order valence-corrected chi connectivity index (χ2v) is 6.79. The monoisotopic (exact) mass is 333 g/mol. The number of methoxy groups -OCH3 is 1. The zero-order valence-electron chi connectivity index (χ0n) is 14.3. The minimum absolute atomic E-state index is 0.0701. The Balaban J connectivity index is 2.04. The number of benzene rings is 1. The summed E-state index contributed by atoms with van der Waals surface area (Å²) in [6, 6.07) is 9.48. The van der Waals surface area contributed by atoms with E-state index in [4.69, 9.17) is 4.74 Å². The molecule has 2 N–H and O–H groups in total. The second-order valence-electron chi connectivity index (χ2n) is 6.79. The van der Waals surface area contributed by atoms with Crippen molar-refractivity contribution in [1.82, 2.24) is 5.32 Å². The van der Waals surface area contributed by atoms with Crippen LogP contribution >= 0.6 is 0 Å². The Hall–Kier alpha value is -1.88. The predicted molar refractivity (Wildman–Crippen MR) is 91.6 cm³/mol. The van der Waals surface area contributed by atoms with Crippen molar-refractivity contribution in [3.8, 4) is 0 Å². The molecule has 132 valence electrons. The van der Waals surface area contributed by atoms with Crippen LogP contribution in [0.1, 0.15) is 56.6 Å². The molecule has 0 spiro atoms. The molecule has 0 aromatic heterocycles. The van der Waals surface area contributed by atoms with Crippen molar-refractivity contribution in [2.75, 3.05) is 13.7 Å². The fourth-order valence-corrected chi connectivity index (χ4v) is 3.70. The highest BCUT2D eigenvalue weighted by Crippen LogP contribution is 2.42. The number of nitrogens with one attached hydrogen (secondary N) is 1. The molecule has 5 nitrogen and oxygen atoms in total. The molecule has 1 amide bonds. The van der Waals surface area contributed by atoms with Crippen molar-refractivity contribution in [2.24, 2.45) is 5.41 Å². The Morgan fingerprint density at radius 3 is 2.42 bits per heavy atom. The van der Waals surface area contributed by atoms with Gasteiger partial charge in [-0.05, 0) is 23.8 Å². The normalized spacial score (nSPS) is 17.9. The molecule has 1 fully saturated rings. The molecular formula is C19H27NO4. The molecule has 5 heteroatoms. The highest BCUT2D eigenvalue weighted by Gasteiger charge is 2.36. The summed E-state index contributed by atoms with van der Waals surface area (Å²) in [6.45, 7) is 0.391. The van der Waals surface area contributed by atoms with Gasteiger partial charge < -0.3 is 15.2 Å². The number of carbonyl (C=O) groups excluding carboxylic acids is 1. The topological polar surface area (TPSA) is 75.6 Å². The van der Waals surface area contributed by atoms with Crippen LogP contribution in [0.2, 0.25) is 0 Å². The van der Waals surface area contributed by atoms with Crippen molar-refractivity contribution >= 4 is 11.9 Å². The first-order chi connectivity index (χ1) is 11.5. The zero-order chi connectivity index (χ0) is 17.4. The second kappa shape index (κ2) is 8.83. The van der Waals surface area contributed by atoms with Crippen LogP contribution in [0.4, 0.5) is 0 Å². The largest absolute Gasteiger partial charge is 0.481 e. The van der Waals surface area contributed by atoms with E-state index in [1.165, 1.54) is 0 Å². The number of hydrogen-bond acceptors (Lipinski definition) is 3. The molecule has 1 aliphatic carbocycles. The van der Waals surface area contributed by atoms with Gasteiger partial charge in [0.1, 0.15) is 0 Å². The van der Waals surface area contributed by atoms with E-state index in [-0.39, 0.29) is 24.8 Å². The third-order valence-electron chi connectivity index (χ3n) is 4.85. The predicted octanol–water partition coefficient (Wildman–Crippen LogP) is 3.31. The van der Waals surface area contributed by atoms with Crippen LogP contribution in [0.3, 0.4) is 0 Å². The van der Waals surface area contributed by atoms with E-state index in [9.17, 15) is 14.7 Å². The number of amides is 1. The Kier molecular flexibility index (Phi) is 6.79. The van der Waals surface area contributed by atoms with Crippen LogP contribution in [-0.2, 0) is 14.3 Å². The lowest BCUT2D eigenvalue weighted by atomic mass is 9.69. The fraction of sp³-hybridized carbons (Fsp3) is 0.579. The summed E-state index contributed by atoms with van der Waals surface area (Å²) in [5.74, 6) is -0.912. The number of rotatable bonds is 8. The van der Waals surface area contributed by atoms with Crippen molar-refractivity contribution in [2.45, 2.75) is 51.0 Å². The molecule has 0 saturated heterocycles. The number of carbonyl (C=O) groups is 2. The van der Waals surface area contributed by atoms with Gasteiger partial charge in [0, 0.05) is 13.5 Å². The fourth-order valence-electron chi connectivity index (χ4n) is 3.70. The van der Waals surface area contributed by atoms with Gasteiger partial charge in [-0.3, -0.25) is 9.59 Å². The first-order valence-corrected chi connectivity index (χ1v) is 8.60. The minimum atomic E-state index is -0.818.